The van der Waals surface area contributed by atoms with Crippen LogP contribution in [0.25, 0.3) is 11.1 Å². The first-order valence-corrected chi connectivity index (χ1v) is 5.96. The van der Waals surface area contributed by atoms with E-state index in [0.29, 0.717) is 0 Å². The molecule has 0 saturated carbocycles. The molecule has 2 aromatic rings. The van der Waals surface area contributed by atoms with E-state index in [9.17, 15) is 0 Å². The van der Waals surface area contributed by atoms with E-state index in [0.717, 1.165) is 6.54 Å². The molecule has 1 N–H and O–H groups in total. The van der Waals surface area contributed by atoms with Gasteiger partial charge in [0, 0.05) is 29.4 Å². The Morgan fingerprint density at radius 3 is 2.33 bits per heavy atom. The Kier molecular flexibility index (Phi) is 3.75. The van der Waals surface area contributed by atoms with Crippen molar-refractivity contribution < 1.29 is 0 Å². The van der Waals surface area contributed by atoms with Crippen LogP contribution in [-0.2, 0) is 6.54 Å². The van der Waals surface area contributed by atoms with E-state index in [1.54, 1.807) is 0 Å². The second kappa shape index (κ2) is 5.28. The second-order valence-corrected chi connectivity index (χ2v) is 4.14. The molecule has 15 heavy (non-hydrogen) atoms. The molecular formula is C13H12IN. The molecule has 2 aromatic carbocycles. The van der Waals surface area contributed by atoms with Crippen LogP contribution in [0.1, 0.15) is 5.56 Å². The summed E-state index contributed by atoms with van der Waals surface area (Å²) >= 11 is 2.17. The van der Waals surface area contributed by atoms with Crippen LogP contribution in [0, 0.1) is 0 Å². The van der Waals surface area contributed by atoms with Gasteiger partial charge in [0.15, 0.2) is 0 Å². The Labute approximate surface area is 104 Å². The van der Waals surface area contributed by atoms with Crippen molar-refractivity contribution >= 4 is 22.9 Å². The van der Waals surface area contributed by atoms with Gasteiger partial charge in [-0.05, 0) is 22.8 Å². The molecule has 0 aliphatic heterocycles. The summed E-state index contributed by atoms with van der Waals surface area (Å²) in [6.45, 7) is 0.904. The average Bonchev–Trinajstić information content (AvgIpc) is 2.31. The molecule has 0 fully saturated rings. The molecule has 2 heteroatoms. The second-order valence-electron chi connectivity index (χ2n) is 3.38. The summed E-state index contributed by atoms with van der Waals surface area (Å²) in [5, 5.41) is 0. The van der Waals surface area contributed by atoms with Gasteiger partial charge in [-0.3, -0.25) is 3.53 Å². The van der Waals surface area contributed by atoms with Gasteiger partial charge in [0.05, 0.1) is 0 Å². The Bertz CT molecular complexity index is 426. The minimum absolute atomic E-state index is 0.904. The molecule has 2 rings (SSSR count). The molecule has 0 aliphatic rings. The highest BCUT2D eigenvalue weighted by atomic mass is 127. The smallest absolute Gasteiger partial charge is 0.0301 e. The molecule has 0 radical (unpaired) electrons. The first kappa shape index (κ1) is 10.6. The van der Waals surface area contributed by atoms with E-state index in [2.05, 4.69) is 74.9 Å². The van der Waals surface area contributed by atoms with E-state index in [1.807, 2.05) is 6.07 Å². The van der Waals surface area contributed by atoms with Gasteiger partial charge in [0.1, 0.15) is 0 Å². The van der Waals surface area contributed by atoms with Crippen LogP contribution < -0.4 is 3.53 Å². The molecule has 0 spiro atoms. The zero-order valence-electron chi connectivity index (χ0n) is 8.28. The van der Waals surface area contributed by atoms with E-state index in [1.165, 1.54) is 16.7 Å². The highest BCUT2D eigenvalue weighted by Gasteiger charge is 1.97. The fraction of sp³-hybridized carbons (Fsp3) is 0.0769. The fourth-order valence-electron chi connectivity index (χ4n) is 1.57. The summed E-state index contributed by atoms with van der Waals surface area (Å²) in [6.07, 6.45) is 0. The number of hydrogen-bond donors (Lipinski definition) is 1. The van der Waals surface area contributed by atoms with Gasteiger partial charge in [0.2, 0.25) is 0 Å². The SMILES string of the molecule is INCc1cccc(-c2ccccc2)c1. The molecule has 0 unspecified atom stereocenters. The van der Waals surface area contributed by atoms with Crippen LogP contribution in [-0.4, -0.2) is 0 Å². The van der Waals surface area contributed by atoms with Crippen molar-refractivity contribution in [3.63, 3.8) is 0 Å². The lowest BCUT2D eigenvalue weighted by molar-refractivity contribution is 1.01. The maximum Gasteiger partial charge on any atom is 0.0301 e. The van der Waals surface area contributed by atoms with Crippen molar-refractivity contribution in [3.8, 4) is 11.1 Å². The van der Waals surface area contributed by atoms with Crippen molar-refractivity contribution in [2.75, 3.05) is 0 Å². The summed E-state index contributed by atoms with van der Waals surface area (Å²) in [6, 6.07) is 19.1. The van der Waals surface area contributed by atoms with Crippen LogP contribution >= 0.6 is 22.9 Å². The summed E-state index contributed by atoms with van der Waals surface area (Å²) in [5.74, 6) is 0. The quantitative estimate of drug-likeness (QED) is 0.672. The fourth-order valence-corrected chi connectivity index (χ4v) is 2.01. The minimum Gasteiger partial charge on any atom is -0.257 e. The predicted octanol–water partition coefficient (Wildman–Crippen LogP) is 3.79. The molecule has 0 aliphatic carbocycles. The van der Waals surface area contributed by atoms with Gasteiger partial charge >= 0.3 is 0 Å². The van der Waals surface area contributed by atoms with Crippen molar-refractivity contribution in [2.24, 2.45) is 0 Å². The van der Waals surface area contributed by atoms with Gasteiger partial charge in [-0.25, -0.2) is 0 Å². The molecule has 76 valence electrons. The third-order valence-electron chi connectivity index (χ3n) is 2.31. The largest absolute Gasteiger partial charge is 0.257 e. The van der Waals surface area contributed by atoms with Gasteiger partial charge in [0.25, 0.3) is 0 Å². The molecule has 0 saturated heterocycles. The van der Waals surface area contributed by atoms with Gasteiger partial charge in [-0.15, -0.1) is 0 Å². The monoisotopic (exact) mass is 309 g/mol. The number of benzene rings is 2. The van der Waals surface area contributed by atoms with Crippen molar-refractivity contribution in [2.45, 2.75) is 6.54 Å². The third kappa shape index (κ3) is 2.79. The highest BCUT2D eigenvalue weighted by molar-refractivity contribution is 14.1. The third-order valence-corrected chi connectivity index (χ3v) is 2.69. The van der Waals surface area contributed by atoms with Crippen LogP contribution in [0.2, 0.25) is 0 Å². The molecule has 0 atom stereocenters. The lowest BCUT2D eigenvalue weighted by atomic mass is 10.0. The summed E-state index contributed by atoms with van der Waals surface area (Å²) in [5.41, 5.74) is 3.86. The van der Waals surface area contributed by atoms with Gasteiger partial charge < -0.3 is 0 Å². The van der Waals surface area contributed by atoms with Crippen molar-refractivity contribution in [1.82, 2.24) is 3.53 Å². The van der Waals surface area contributed by atoms with Gasteiger partial charge in [-0.1, -0.05) is 48.5 Å². The molecule has 0 bridgehead atoms. The van der Waals surface area contributed by atoms with Crippen LogP contribution in [0.3, 0.4) is 0 Å². The first-order valence-electron chi connectivity index (χ1n) is 4.88. The normalized spacial score (nSPS) is 10.2. The number of nitrogens with one attached hydrogen (secondary N) is 1. The van der Waals surface area contributed by atoms with E-state index < -0.39 is 0 Å². The first-order chi connectivity index (χ1) is 7.40. The highest BCUT2D eigenvalue weighted by Crippen LogP contribution is 2.19. The molecular weight excluding hydrogens is 297 g/mol. The topological polar surface area (TPSA) is 12.0 Å². The minimum atomic E-state index is 0.904. The molecule has 0 amide bonds. The van der Waals surface area contributed by atoms with E-state index in [4.69, 9.17) is 0 Å². The molecule has 0 aromatic heterocycles. The summed E-state index contributed by atoms with van der Waals surface area (Å²) < 4.78 is 3.13. The Balaban J connectivity index is 2.33. The van der Waals surface area contributed by atoms with Crippen molar-refractivity contribution in [1.29, 1.82) is 0 Å². The molecule has 1 nitrogen and oxygen atoms in total. The Morgan fingerprint density at radius 1 is 0.867 bits per heavy atom. The van der Waals surface area contributed by atoms with Crippen molar-refractivity contribution in [3.05, 3.63) is 60.2 Å². The summed E-state index contributed by atoms with van der Waals surface area (Å²) in [4.78, 5) is 0. The Morgan fingerprint density at radius 2 is 1.60 bits per heavy atom. The number of halogens is 1. The van der Waals surface area contributed by atoms with Crippen LogP contribution in [0.4, 0.5) is 0 Å². The zero-order valence-corrected chi connectivity index (χ0v) is 10.4. The van der Waals surface area contributed by atoms with Crippen LogP contribution in [0.15, 0.2) is 54.6 Å². The van der Waals surface area contributed by atoms with E-state index >= 15 is 0 Å². The standard InChI is InChI=1S/C13H12IN/c14-15-10-11-5-4-8-13(9-11)12-6-2-1-3-7-12/h1-9,15H,10H2. The Hall–Kier alpha value is -0.870. The number of hydrogen-bond acceptors (Lipinski definition) is 1. The van der Waals surface area contributed by atoms with E-state index in [-0.39, 0.29) is 0 Å². The van der Waals surface area contributed by atoms with Crippen LogP contribution in [0.5, 0.6) is 0 Å². The number of rotatable bonds is 3. The molecule has 0 heterocycles. The lowest BCUT2D eigenvalue weighted by Crippen LogP contribution is -1.96. The summed E-state index contributed by atoms with van der Waals surface area (Å²) in [7, 11) is 0. The lowest BCUT2D eigenvalue weighted by Gasteiger charge is -2.04. The average molecular weight is 309 g/mol. The predicted molar refractivity (Wildman–Crippen MR) is 72.7 cm³/mol. The maximum absolute atomic E-state index is 3.13. The maximum atomic E-state index is 3.13. The van der Waals surface area contributed by atoms with Gasteiger partial charge in [-0.2, -0.15) is 0 Å². The zero-order chi connectivity index (χ0) is 10.5.